The largest absolute Gasteiger partial charge is 0.493 e. The SMILES string of the molecule is COc1cc(C)ccc1Oc1cc(C(F)(F)F)nc(SCc2ccc(C)cc2)n1. The van der Waals surface area contributed by atoms with Crippen LogP contribution in [0.15, 0.2) is 53.7 Å². The summed E-state index contributed by atoms with van der Waals surface area (Å²) in [6, 6.07) is 13.7. The number of halogens is 3. The van der Waals surface area contributed by atoms with Gasteiger partial charge < -0.3 is 9.47 Å². The molecule has 0 spiro atoms. The van der Waals surface area contributed by atoms with Gasteiger partial charge in [-0.1, -0.05) is 47.7 Å². The molecule has 0 atom stereocenters. The summed E-state index contributed by atoms with van der Waals surface area (Å²) in [5.74, 6) is 0.931. The van der Waals surface area contributed by atoms with E-state index < -0.39 is 11.9 Å². The summed E-state index contributed by atoms with van der Waals surface area (Å²) in [7, 11) is 1.46. The minimum atomic E-state index is -4.61. The van der Waals surface area contributed by atoms with E-state index in [4.69, 9.17) is 9.47 Å². The second-order valence-electron chi connectivity index (χ2n) is 6.40. The van der Waals surface area contributed by atoms with Gasteiger partial charge in [0.05, 0.1) is 7.11 Å². The molecule has 8 heteroatoms. The number of ether oxygens (including phenoxy) is 2. The third-order valence-electron chi connectivity index (χ3n) is 3.99. The number of nitrogens with zero attached hydrogens (tertiary/aromatic N) is 2. The van der Waals surface area contributed by atoms with E-state index in [2.05, 4.69) is 9.97 Å². The topological polar surface area (TPSA) is 44.2 Å². The number of aromatic nitrogens is 2. The third-order valence-corrected chi connectivity index (χ3v) is 4.91. The molecule has 0 saturated carbocycles. The van der Waals surface area contributed by atoms with E-state index in [1.807, 2.05) is 38.1 Å². The van der Waals surface area contributed by atoms with Gasteiger partial charge in [-0.3, -0.25) is 0 Å². The number of thioether (sulfide) groups is 1. The van der Waals surface area contributed by atoms with Crippen LogP contribution in [0.5, 0.6) is 17.4 Å². The normalized spacial score (nSPS) is 11.4. The van der Waals surface area contributed by atoms with Crippen LogP contribution >= 0.6 is 11.8 Å². The summed E-state index contributed by atoms with van der Waals surface area (Å²) < 4.78 is 50.8. The first kappa shape index (κ1) is 21.0. The molecule has 1 heterocycles. The lowest BCUT2D eigenvalue weighted by atomic mass is 10.2. The summed E-state index contributed by atoms with van der Waals surface area (Å²) in [4.78, 5) is 7.80. The Balaban J connectivity index is 1.88. The number of hydrogen-bond acceptors (Lipinski definition) is 5. The Morgan fingerprint density at radius 1 is 0.897 bits per heavy atom. The molecule has 4 nitrogen and oxygen atoms in total. The van der Waals surface area contributed by atoms with Crippen LogP contribution in [0.4, 0.5) is 13.2 Å². The van der Waals surface area contributed by atoms with Crippen LogP contribution in [-0.4, -0.2) is 17.1 Å². The molecular weight excluding hydrogens is 401 g/mol. The molecule has 0 unspecified atom stereocenters. The van der Waals surface area contributed by atoms with Crippen LogP contribution in [0.1, 0.15) is 22.4 Å². The first-order chi connectivity index (χ1) is 13.7. The number of aryl methyl sites for hydroxylation is 2. The van der Waals surface area contributed by atoms with Gasteiger partial charge in [-0.15, -0.1) is 0 Å². The lowest BCUT2D eigenvalue weighted by Gasteiger charge is -2.13. The predicted molar refractivity (Wildman–Crippen MR) is 106 cm³/mol. The molecule has 1 aromatic heterocycles. The standard InChI is InChI=1S/C21H19F3N2O2S/c1-13-4-7-15(8-5-13)12-29-20-25-18(21(22,23)24)11-19(26-20)28-16-9-6-14(2)10-17(16)27-3/h4-11H,12H2,1-3H3. The molecule has 0 radical (unpaired) electrons. The smallest absolute Gasteiger partial charge is 0.433 e. The zero-order valence-electron chi connectivity index (χ0n) is 16.1. The molecule has 29 heavy (non-hydrogen) atoms. The van der Waals surface area contributed by atoms with Gasteiger partial charge in [-0.2, -0.15) is 18.2 Å². The lowest BCUT2D eigenvalue weighted by Crippen LogP contribution is -2.10. The summed E-state index contributed by atoms with van der Waals surface area (Å²) in [6.07, 6.45) is -4.61. The van der Waals surface area contributed by atoms with Gasteiger partial charge in [0.25, 0.3) is 0 Å². The van der Waals surface area contributed by atoms with Crippen molar-refractivity contribution in [3.63, 3.8) is 0 Å². The van der Waals surface area contributed by atoms with Gasteiger partial charge in [0.1, 0.15) is 0 Å². The van der Waals surface area contributed by atoms with E-state index in [0.717, 1.165) is 34.5 Å². The molecule has 0 aliphatic heterocycles. The number of hydrogen-bond donors (Lipinski definition) is 0. The molecule has 3 aromatic rings. The Kier molecular flexibility index (Phi) is 6.32. The Bertz CT molecular complexity index is 992. The van der Waals surface area contributed by atoms with Crippen molar-refractivity contribution in [1.82, 2.24) is 9.97 Å². The first-order valence-electron chi connectivity index (χ1n) is 8.72. The highest BCUT2D eigenvalue weighted by Gasteiger charge is 2.34. The Morgan fingerprint density at radius 3 is 2.24 bits per heavy atom. The predicted octanol–water partition coefficient (Wildman–Crippen LogP) is 6.21. The zero-order valence-corrected chi connectivity index (χ0v) is 16.9. The van der Waals surface area contributed by atoms with Gasteiger partial charge in [0, 0.05) is 11.8 Å². The molecule has 0 saturated heterocycles. The quantitative estimate of drug-likeness (QED) is 0.351. The zero-order chi connectivity index (χ0) is 21.0. The number of rotatable bonds is 6. The number of methoxy groups -OCH3 is 1. The van der Waals surface area contributed by atoms with Crippen LogP contribution in [0.3, 0.4) is 0 Å². The second kappa shape index (κ2) is 8.73. The summed E-state index contributed by atoms with van der Waals surface area (Å²) in [5.41, 5.74) is 1.95. The van der Waals surface area contributed by atoms with Gasteiger partial charge in [-0.05, 0) is 37.1 Å². The maximum atomic E-state index is 13.3. The highest BCUT2D eigenvalue weighted by Crippen LogP contribution is 2.36. The van der Waals surface area contributed by atoms with E-state index >= 15 is 0 Å². The van der Waals surface area contributed by atoms with Gasteiger partial charge >= 0.3 is 6.18 Å². The average molecular weight is 420 g/mol. The number of benzene rings is 2. The average Bonchev–Trinajstić information content (AvgIpc) is 2.68. The van der Waals surface area contributed by atoms with Crippen LogP contribution in [0.2, 0.25) is 0 Å². The van der Waals surface area contributed by atoms with Crippen molar-refractivity contribution in [3.8, 4) is 17.4 Å². The highest BCUT2D eigenvalue weighted by atomic mass is 32.2. The van der Waals surface area contributed by atoms with E-state index in [-0.39, 0.29) is 16.8 Å². The maximum absolute atomic E-state index is 13.3. The fourth-order valence-corrected chi connectivity index (χ4v) is 3.28. The molecule has 3 rings (SSSR count). The van der Waals surface area contributed by atoms with E-state index in [1.54, 1.807) is 18.2 Å². The van der Waals surface area contributed by atoms with E-state index in [9.17, 15) is 13.2 Å². The molecule has 0 fully saturated rings. The van der Waals surface area contributed by atoms with Crippen LogP contribution < -0.4 is 9.47 Å². The van der Waals surface area contributed by atoms with Crippen molar-refractivity contribution in [2.24, 2.45) is 0 Å². The van der Waals surface area contributed by atoms with Crippen molar-refractivity contribution >= 4 is 11.8 Å². The molecule has 0 aliphatic rings. The van der Waals surface area contributed by atoms with Gasteiger partial charge in [0.15, 0.2) is 22.3 Å². The fourth-order valence-electron chi connectivity index (χ4n) is 2.47. The second-order valence-corrected chi connectivity index (χ2v) is 7.34. The van der Waals surface area contributed by atoms with Crippen LogP contribution in [-0.2, 0) is 11.9 Å². The van der Waals surface area contributed by atoms with Crippen molar-refractivity contribution in [3.05, 3.63) is 70.9 Å². The third kappa shape index (κ3) is 5.63. The monoisotopic (exact) mass is 420 g/mol. The molecule has 0 aliphatic carbocycles. The summed E-state index contributed by atoms with van der Waals surface area (Å²) >= 11 is 1.11. The van der Waals surface area contributed by atoms with E-state index in [1.165, 1.54) is 7.11 Å². The fraction of sp³-hybridized carbons (Fsp3) is 0.238. The van der Waals surface area contributed by atoms with Crippen molar-refractivity contribution in [2.45, 2.75) is 30.9 Å². The molecule has 0 bridgehead atoms. The lowest BCUT2D eigenvalue weighted by molar-refractivity contribution is -0.141. The van der Waals surface area contributed by atoms with Gasteiger partial charge in [0.2, 0.25) is 5.88 Å². The van der Waals surface area contributed by atoms with Gasteiger partial charge in [-0.25, -0.2) is 4.98 Å². The van der Waals surface area contributed by atoms with Crippen LogP contribution in [0, 0.1) is 13.8 Å². The molecule has 0 N–H and O–H groups in total. The minimum Gasteiger partial charge on any atom is -0.493 e. The Hall–Kier alpha value is -2.74. The first-order valence-corrected chi connectivity index (χ1v) is 9.70. The Morgan fingerprint density at radius 2 is 1.59 bits per heavy atom. The van der Waals surface area contributed by atoms with Crippen molar-refractivity contribution < 1.29 is 22.6 Å². The number of alkyl halides is 3. The van der Waals surface area contributed by atoms with Crippen molar-refractivity contribution in [2.75, 3.05) is 7.11 Å². The molecule has 2 aromatic carbocycles. The highest BCUT2D eigenvalue weighted by molar-refractivity contribution is 7.98. The molecular formula is C21H19F3N2O2S. The van der Waals surface area contributed by atoms with E-state index in [0.29, 0.717) is 11.5 Å². The minimum absolute atomic E-state index is 0.0125. The Labute approximate surface area is 171 Å². The maximum Gasteiger partial charge on any atom is 0.433 e. The van der Waals surface area contributed by atoms with Crippen molar-refractivity contribution in [1.29, 1.82) is 0 Å². The molecule has 152 valence electrons. The summed E-state index contributed by atoms with van der Waals surface area (Å²) in [5, 5.41) is -0.0125. The summed E-state index contributed by atoms with van der Waals surface area (Å²) in [6.45, 7) is 3.84. The molecule has 0 amide bonds. The van der Waals surface area contributed by atoms with Crippen LogP contribution in [0.25, 0.3) is 0 Å².